The lowest BCUT2D eigenvalue weighted by atomic mass is 10.0. The van der Waals surface area contributed by atoms with Crippen LogP contribution < -0.4 is 0 Å². The molecule has 4 nitrogen and oxygen atoms in total. The van der Waals surface area contributed by atoms with E-state index in [2.05, 4.69) is 36.2 Å². The van der Waals surface area contributed by atoms with E-state index in [1.807, 2.05) is 22.8 Å². The minimum absolute atomic E-state index is 0.0610. The molecule has 0 aliphatic rings. The van der Waals surface area contributed by atoms with Crippen LogP contribution in [0, 0.1) is 0 Å². The highest BCUT2D eigenvalue weighted by Crippen LogP contribution is 2.23. The molecule has 2 rings (SSSR count). The van der Waals surface area contributed by atoms with Crippen molar-refractivity contribution in [2.75, 3.05) is 0 Å². The first-order valence-electron chi connectivity index (χ1n) is 6.35. The van der Waals surface area contributed by atoms with Crippen LogP contribution in [0.3, 0.4) is 0 Å². The summed E-state index contributed by atoms with van der Waals surface area (Å²) in [5.41, 5.74) is 1.21. The lowest BCUT2D eigenvalue weighted by Crippen LogP contribution is -2.11. The fourth-order valence-electron chi connectivity index (χ4n) is 2.14. The molecule has 96 valence electrons. The zero-order chi connectivity index (χ0) is 13.0. The fourth-order valence-corrected chi connectivity index (χ4v) is 2.14. The Morgan fingerprint density at radius 2 is 1.94 bits per heavy atom. The van der Waals surface area contributed by atoms with Crippen molar-refractivity contribution in [3.05, 3.63) is 47.5 Å². The number of hydrogen-bond acceptors (Lipinski definition) is 3. The summed E-state index contributed by atoms with van der Waals surface area (Å²) >= 11 is 0. The van der Waals surface area contributed by atoms with E-state index in [0.717, 1.165) is 18.8 Å². The number of aromatic nitrogens is 3. The van der Waals surface area contributed by atoms with Crippen molar-refractivity contribution >= 4 is 0 Å². The molecular weight excluding hydrogens is 226 g/mol. The summed E-state index contributed by atoms with van der Waals surface area (Å²) in [5.74, 6) is 1.76. The largest absolute Gasteiger partial charge is 0.388 e. The van der Waals surface area contributed by atoms with Gasteiger partial charge in [-0.15, -0.1) is 10.2 Å². The van der Waals surface area contributed by atoms with Crippen LogP contribution in [-0.2, 0) is 13.2 Å². The Hall–Kier alpha value is -1.68. The van der Waals surface area contributed by atoms with Gasteiger partial charge in [0.1, 0.15) is 12.4 Å². The summed E-state index contributed by atoms with van der Waals surface area (Å²) in [7, 11) is 0. The summed E-state index contributed by atoms with van der Waals surface area (Å²) in [6.07, 6.45) is 1.000. The monoisotopic (exact) mass is 245 g/mol. The van der Waals surface area contributed by atoms with Gasteiger partial charge in [0.15, 0.2) is 5.82 Å². The van der Waals surface area contributed by atoms with Gasteiger partial charge in [-0.2, -0.15) is 0 Å². The van der Waals surface area contributed by atoms with Crippen molar-refractivity contribution in [2.24, 2.45) is 0 Å². The second-order valence-corrected chi connectivity index (χ2v) is 4.42. The molecule has 1 heterocycles. The van der Waals surface area contributed by atoms with Crippen molar-refractivity contribution in [1.82, 2.24) is 14.8 Å². The first-order valence-corrected chi connectivity index (χ1v) is 6.35. The Labute approximate surface area is 107 Å². The van der Waals surface area contributed by atoms with Gasteiger partial charge < -0.3 is 9.67 Å². The van der Waals surface area contributed by atoms with Crippen LogP contribution in [-0.4, -0.2) is 19.9 Å². The van der Waals surface area contributed by atoms with E-state index in [4.69, 9.17) is 0 Å². The SMILES string of the molecule is CCCn1c(CO)nnc1C(C)c1ccccc1. The molecule has 1 N–H and O–H groups in total. The highest BCUT2D eigenvalue weighted by atomic mass is 16.3. The molecule has 2 aromatic rings. The van der Waals surface area contributed by atoms with Crippen LogP contribution in [0.5, 0.6) is 0 Å². The van der Waals surface area contributed by atoms with Crippen LogP contribution in [0.15, 0.2) is 30.3 Å². The van der Waals surface area contributed by atoms with Gasteiger partial charge in [-0.3, -0.25) is 0 Å². The Kier molecular flexibility index (Phi) is 4.10. The van der Waals surface area contributed by atoms with Gasteiger partial charge in [-0.05, 0) is 12.0 Å². The van der Waals surface area contributed by atoms with Crippen LogP contribution in [0.1, 0.15) is 43.4 Å². The number of aliphatic hydroxyl groups is 1. The Bertz CT molecular complexity index is 493. The maximum atomic E-state index is 9.29. The molecule has 0 aliphatic carbocycles. The lowest BCUT2D eigenvalue weighted by Gasteiger charge is -2.14. The molecule has 0 amide bonds. The Morgan fingerprint density at radius 1 is 1.22 bits per heavy atom. The van der Waals surface area contributed by atoms with Gasteiger partial charge in [0, 0.05) is 12.5 Å². The third kappa shape index (κ3) is 2.43. The van der Waals surface area contributed by atoms with Crippen LogP contribution in [0.25, 0.3) is 0 Å². The first kappa shape index (κ1) is 12.8. The topological polar surface area (TPSA) is 50.9 Å². The van der Waals surface area contributed by atoms with Gasteiger partial charge in [0.05, 0.1) is 0 Å². The number of aliphatic hydroxyl groups excluding tert-OH is 1. The fraction of sp³-hybridized carbons (Fsp3) is 0.429. The van der Waals surface area contributed by atoms with E-state index < -0.39 is 0 Å². The molecule has 0 radical (unpaired) electrons. The molecule has 1 aromatic carbocycles. The number of nitrogens with zero attached hydrogens (tertiary/aromatic N) is 3. The molecule has 4 heteroatoms. The Morgan fingerprint density at radius 3 is 2.56 bits per heavy atom. The van der Waals surface area contributed by atoms with E-state index in [1.54, 1.807) is 0 Å². The van der Waals surface area contributed by atoms with E-state index >= 15 is 0 Å². The zero-order valence-electron chi connectivity index (χ0n) is 10.9. The standard InChI is InChI=1S/C14H19N3O/c1-3-9-17-13(10-18)15-16-14(17)11(2)12-7-5-4-6-8-12/h4-8,11,18H,3,9-10H2,1-2H3. The summed E-state index contributed by atoms with van der Waals surface area (Å²) in [4.78, 5) is 0. The summed E-state index contributed by atoms with van der Waals surface area (Å²) in [5, 5.41) is 17.6. The molecule has 0 bridgehead atoms. The predicted molar refractivity (Wildman–Crippen MR) is 70.2 cm³/mol. The van der Waals surface area contributed by atoms with Gasteiger partial charge in [0.2, 0.25) is 0 Å². The van der Waals surface area contributed by atoms with E-state index in [0.29, 0.717) is 5.82 Å². The average Bonchev–Trinajstić information content (AvgIpc) is 2.82. The van der Waals surface area contributed by atoms with Crippen molar-refractivity contribution < 1.29 is 5.11 Å². The maximum Gasteiger partial charge on any atom is 0.158 e. The van der Waals surface area contributed by atoms with Gasteiger partial charge in [-0.1, -0.05) is 44.2 Å². The van der Waals surface area contributed by atoms with Crippen LogP contribution in [0.2, 0.25) is 0 Å². The van der Waals surface area contributed by atoms with E-state index in [9.17, 15) is 5.11 Å². The predicted octanol–water partition coefficient (Wildman–Crippen LogP) is 2.33. The molecule has 0 spiro atoms. The van der Waals surface area contributed by atoms with Crippen molar-refractivity contribution in [1.29, 1.82) is 0 Å². The van der Waals surface area contributed by atoms with Crippen molar-refractivity contribution in [2.45, 2.75) is 39.3 Å². The summed E-state index contributed by atoms with van der Waals surface area (Å²) in [6.45, 7) is 5.01. The number of benzene rings is 1. The smallest absolute Gasteiger partial charge is 0.158 e. The Balaban J connectivity index is 2.35. The summed E-state index contributed by atoms with van der Waals surface area (Å²) in [6, 6.07) is 10.2. The van der Waals surface area contributed by atoms with Crippen molar-refractivity contribution in [3.8, 4) is 0 Å². The lowest BCUT2D eigenvalue weighted by molar-refractivity contribution is 0.264. The third-order valence-corrected chi connectivity index (χ3v) is 3.13. The zero-order valence-corrected chi connectivity index (χ0v) is 10.9. The number of rotatable bonds is 5. The van der Waals surface area contributed by atoms with Crippen LogP contribution >= 0.6 is 0 Å². The van der Waals surface area contributed by atoms with Gasteiger partial charge in [-0.25, -0.2) is 0 Å². The molecule has 1 aromatic heterocycles. The molecule has 0 saturated heterocycles. The molecule has 0 saturated carbocycles. The third-order valence-electron chi connectivity index (χ3n) is 3.13. The minimum atomic E-state index is -0.0610. The second-order valence-electron chi connectivity index (χ2n) is 4.42. The molecule has 1 atom stereocenters. The molecule has 0 fully saturated rings. The average molecular weight is 245 g/mol. The normalized spacial score (nSPS) is 12.6. The summed E-state index contributed by atoms with van der Waals surface area (Å²) < 4.78 is 2.03. The minimum Gasteiger partial charge on any atom is -0.388 e. The first-order chi connectivity index (χ1) is 8.77. The molecule has 1 unspecified atom stereocenters. The second kappa shape index (κ2) is 5.78. The highest BCUT2D eigenvalue weighted by molar-refractivity contribution is 5.24. The van der Waals surface area contributed by atoms with Crippen LogP contribution in [0.4, 0.5) is 0 Å². The number of hydrogen-bond donors (Lipinski definition) is 1. The molecular formula is C14H19N3O. The van der Waals surface area contributed by atoms with E-state index in [-0.39, 0.29) is 12.5 Å². The highest BCUT2D eigenvalue weighted by Gasteiger charge is 2.17. The quantitative estimate of drug-likeness (QED) is 0.879. The molecule has 0 aliphatic heterocycles. The van der Waals surface area contributed by atoms with Gasteiger partial charge in [0.25, 0.3) is 0 Å². The maximum absolute atomic E-state index is 9.29. The molecule has 18 heavy (non-hydrogen) atoms. The van der Waals surface area contributed by atoms with Crippen molar-refractivity contribution in [3.63, 3.8) is 0 Å². The van der Waals surface area contributed by atoms with E-state index in [1.165, 1.54) is 5.56 Å². The van der Waals surface area contributed by atoms with Gasteiger partial charge >= 0.3 is 0 Å².